The maximum absolute atomic E-state index is 4.03. The minimum Gasteiger partial charge on any atom is -0.372 e. The first-order valence-corrected chi connectivity index (χ1v) is 5.11. The van der Waals surface area contributed by atoms with Crippen LogP contribution in [0.15, 0.2) is 23.4 Å². The predicted molar refractivity (Wildman–Crippen MR) is 54.5 cm³/mol. The zero-order valence-electron chi connectivity index (χ0n) is 7.66. The fourth-order valence-corrected chi connectivity index (χ4v) is 1.97. The Morgan fingerprint density at radius 3 is 2.92 bits per heavy atom. The van der Waals surface area contributed by atoms with E-state index in [0.717, 1.165) is 0 Å². The van der Waals surface area contributed by atoms with Gasteiger partial charge in [-0.1, -0.05) is 25.6 Å². The summed E-state index contributed by atoms with van der Waals surface area (Å²) < 4.78 is 0. The third-order valence-electron chi connectivity index (χ3n) is 1.45. The first kappa shape index (κ1) is 9.39. The molecule has 0 bridgehead atoms. The van der Waals surface area contributed by atoms with Gasteiger partial charge in [-0.2, -0.15) is 0 Å². The summed E-state index contributed by atoms with van der Waals surface area (Å²) in [6.45, 7) is 6.14. The molecule has 2 nitrogen and oxygen atoms in total. The van der Waals surface area contributed by atoms with Crippen molar-refractivity contribution in [3.05, 3.63) is 18.5 Å². The topological polar surface area (TPSA) is 24.9 Å². The molecule has 1 aliphatic rings. The van der Waals surface area contributed by atoms with E-state index < -0.39 is 0 Å². The number of anilines is 1. The fraction of sp³-hybridized carbons (Fsp3) is 0.444. The van der Waals surface area contributed by atoms with E-state index in [1.54, 1.807) is 0 Å². The Morgan fingerprint density at radius 1 is 1.50 bits per heavy atom. The third kappa shape index (κ3) is 1.91. The number of nitrogens with zero attached hydrogens (tertiary/aromatic N) is 1. The second-order valence-corrected chi connectivity index (χ2v) is 3.66. The minimum atomic E-state index is 0.499. The van der Waals surface area contributed by atoms with Crippen molar-refractivity contribution in [3.63, 3.8) is 0 Å². The van der Waals surface area contributed by atoms with E-state index in [1.807, 2.05) is 44.1 Å². The van der Waals surface area contributed by atoms with Crippen molar-refractivity contribution in [3.8, 4) is 0 Å². The summed E-state index contributed by atoms with van der Waals surface area (Å²) in [5, 5.41) is 3.82. The molecule has 0 radical (unpaired) electrons. The van der Waals surface area contributed by atoms with Crippen molar-refractivity contribution in [1.29, 1.82) is 0 Å². The van der Waals surface area contributed by atoms with Gasteiger partial charge in [0.05, 0.1) is 16.0 Å². The van der Waals surface area contributed by atoms with Crippen molar-refractivity contribution in [2.45, 2.75) is 31.0 Å². The summed E-state index contributed by atoms with van der Waals surface area (Å²) in [4.78, 5) is 5.29. The van der Waals surface area contributed by atoms with Gasteiger partial charge in [0.2, 0.25) is 0 Å². The smallest absolute Gasteiger partial charge is 0.0742 e. The van der Waals surface area contributed by atoms with Gasteiger partial charge >= 0.3 is 0 Å². The van der Waals surface area contributed by atoms with E-state index in [4.69, 9.17) is 0 Å². The van der Waals surface area contributed by atoms with Crippen LogP contribution in [-0.4, -0.2) is 10.4 Å². The zero-order chi connectivity index (χ0) is 8.97. The molecule has 2 rings (SSSR count). The number of fused-ring (bicyclic) bond motifs is 1. The maximum Gasteiger partial charge on any atom is 0.0742 e. The van der Waals surface area contributed by atoms with Gasteiger partial charge in [-0.25, -0.2) is 0 Å². The van der Waals surface area contributed by atoms with Crippen LogP contribution in [0.3, 0.4) is 0 Å². The van der Waals surface area contributed by atoms with Gasteiger partial charge in [0.1, 0.15) is 0 Å². The molecule has 0 saturated heterocycles. The minimum absolute atomic E-state index is 0.499. The third-order valence-corrected chi connectivity index (χ3v) is 2.50. The Balaban J connectivity index is 0.000000336. The molecule has 0 fully saturated rings. The lowest BCUT2D eigenvalue weighted by molar-refractivity contribution is 1.14. The molecule has 0 spiro atoms. The molecular weight excluding hydrogens is 168 g/mol. The number of hydrogen-bond acceptors (Lipinski definition) is 3. The molecular formula is C9H14N2S. The van der Waals surface area contributed by atoms with Gasteiger partial charge in [0.15, 0.2) is 0 Å². The normalized spacial score (nSPS) is 18.8. The van der Waals surface area contributed by atoms with Gasteiger partial charge in [0, 0.05) is 12.4 Å². The maximum atomic E-state index is 4.03. The first-order valence-electron chi connectivity index (χ1n) is 4.23. The predicted octanol–water partition coefficient (Wildman–Crippen LogP) is 2.97. The number of pyridine rings is 1. The Hall–Kier alpha value is -0.700. The summed E-state index contributed by atoms with van der Waals surface area (Å²) >= 11 is 1.82. The van der Waals surface area contributed by atoms with Gasteiger partial charge < -0.3 is 5.32 Å². The highest BCUT2D eigenvalue weighted by Gasteiger charge is 2.15. The number of aromatic nitrogens is 1. The van der Waals surface area contributed by atoms with Gasteiger partial charge in [-0.05, 0) is 13.0 Å². The molecule has 1 aromatic heterocycles. The van der Waals surface area contributed by atoms with Crippen LogP contribution in [0.5, 0.6) is 0 Å². The van der Waals surface area contributed by atoms with Crippen LogP contribution in [0.4, 0.5) is 5.69 Å². The van der Waals surface area contributed by atoms with E-state index in [-0.39, 0.29) is 0 Å². The number of rotatable bonds is 0. The highest BCUT2D eigenvalue weighted by atomic mass is 32.2. The summed E-state index contributed by atoms with van der Waals surface area (Å²) in [7, 11) is 0. The van der Waals surface area contributed by atoms with Crippen LogP contribution < -0.4 is 5.32 Å². The second-order valence-electron chi connectivity index (χ2n) is 2.28. The summed E-state index contributed by atoms with van der Waals surface area (Å²) in [6.07, 6.45) is 3.71. The highest BCUT2D eigenvalue weighted by Crippen LogP contribution is 2.36. The van der Waals surface area contributed by atoms with Crippen molar-refractivity contribution in [1.82, 2.24) is 4.98 Å². The SMILES string of the molecule is CC.CC1Nc2ccncc2S1. The van der Waals surface area contributed by atoms with E-state index in [9.17, 15) is 0 Å². The Labute approximate surface area is 77.8 Å². The lowest BCUT2D eigenvalue weighted by Gasteiger charge is -1.98. The molecule has 0 saturated carbocycles. The van der Waals surface area contributed by atoms with Gasteiger partial charge in [-0.3, -0.25) is 4.98 Å². The highest BCUT2D eigenvalue weighted by molar-refractivity contribution is 8.00. The van der Waals surface area contributed by atoms with E-state index >= 15 is 0 Å². The molecule has 12 heavy (non-hydrogen) atoms. The average molecular weight is 182 g/mol. The molecule has 1 unspecified atom stereocenters. The second kappa shape index (κ2) is 4.36. The first-order chi connectivity index (χ1) is 5.86. The molecule has 3 heteroatoms. The lowest BCUT2D eigenvalue weighted by atomic mass is 10.4. The van der Waals surface area contributed by atoms with Crippen molar-refractivity contribution in [2.75, 3.05) is 5.32 Å². The molecule has 1 aromatic rings. The fourth-order valence-electron chi connectivity index (χ4n) is 1.03. The summed E-state index contributed by atoms with van der Waals surface area (Å²) in [5.41, 5.74) is 1.22. The standard InChI is InChI=1S/C7H8N2S.C2H6/c1-5-9-6-2-3-8-4-7(6)10-5;1-2/h2-5,9H,1H3;1-2H3. The van der Waals surface area contributed by atoms with Crippen molar-refractivity contribution < 1.29 is 0 Å². The van der Waals surface area contributed by atoms with Gasteiger partial charge in [-0.15, -0.1) is 0 Å². The molecule has 2 heterocycles. The van der Waals surface area contributed by atoms with E-state index in [2.05, 4.69) is 17.2 Å². The molecule has 66 valence electrons. The van der Waals surface area contributed by atoms with Gasteiger partial charge in [0.25, 0.3) is 0 Å². The molecule has 0 amide bonds. The largest absolute Gasteiger partial charge is 0.372 e. The van der Waals surface area contributed by atoms with Crippen LogP contribution in [0.1, 0.15) is 20.8 Å². The summed E-state index contributed by atoms with van der Waals surface area (Å²) in [6, 6.07) is 2.01. The Kier molecular flexibility index (Phi) is 3.41. The van der Waals surface area contributed by atoms with Crippen molar-refractivity contribution >= 4 is 17.4 Å². The molecule has 1 N–H and O–H groups in total. The van der Waals surface area contributed by atoms with Crippen molar-refractivity contribution in [2.24, 2.45) is 0 Å². The Morgan fingerprint density at radius 2 is 2.25 bits per heavy atom. The molecule has 1 aliphatic heterocycles. The monoisotopic (exact) mass is 182 g/mol. The zero-order valence-corrected chi connectivity index (χ0v) is 8.48. The Bertz CT molecular complexity index is 225. The number of hydrogen-bond donors (Lipinski definition) is 1. The quantitative estimate of drug-likeness (QED) is 0.667. The van der Waals surface area contributed by atoms with Crippen LogP contribution in [-0.2, 0) is 0 Å². The molecule has 1 atom stereocenters. The molecule has 0 aromatic carbocycles. The van der Waals surface area contributed by atoms with Crippen LogP contribution >= 0.6 is 11.8 Å². The lowest BCUT2D eigenvalue weighted by Crippen LogP contribution is -2.02. The van der Waals surface area contributed by atoms with E-state index in [1.165, 1.54) is 10.6 Å². The average Bonchev–Trinajstić information content (AvgIpc) is 2.48. The van der Waals surface area contributed by atoms with Crippen LogP contribution in [0.2, 0.25) is 0 Å². The number of thioether (sulfide) groups is 1. The summed E-state index contributed by atoms with van der Waals surface area (Å²) in [5.74, 6) is 0. The molecule has 0 aliphatic carbocycles. The van der Waals surface area contributed by atoms with Crippen LogP contribution in [0, 0.1) is 0 Å². The van der Waals surface area contributed by atoms with Crippen LogP contribution in [0.25, 0.3) is 0 Å². The van der Waals surface area contributed by atoms with E-state index in [0.29, 0.717) is 5.37 Å². The number of nitrogens with one attached hydrogen (secondary N) is 1.